The van der Waals surface area contributed by atoms with E-state index in [0.717, 1.165) is 0 Å². The molecule has 0 N–H and O–H groups in total. The zero-order valence-electron chi connectivity index (χ0n) is 5.82. The Bertz CT molecular complexity index is 126. The minimum Gasteiger partial charge on any atom is -0.0707 e. The van der Waals surface area contributed by atoms with E-state index in [1.165, 1.54) is 38.5 Å². The van der Waals surface area contributed by atoms with E-state index in [0.29, 0.717) is 0 Å². The third kappa shape index (κ3) is 0.910. The van der Waals surface area contributed by atoms with Gasteiger partial charge in [-0.25, -0.2) is 0 Å². The molecule has 0 bridgehead atoms. The van der Waals surface area contributed by atoms with Crippen LogP contribution in [-0.4, -0.2) is 0 Å². The molecule has 49 valence electrons. The zero-order valence-corrected chi connectivity index (χ0v) is 5.82. The molecule has 0 unspecified atom stereocenters. The number of hydrogen-bond acceptors (Lipinski definition) is 0. The Hall–Kier alpha value is -0.260. The second kappa shape index (κ2) is 2.17. The normalized spacial score (nSPS) is 26.7. The van der Waals surface area contributed by atoms with Crippen molar-refractivity contribution in [3.63, 3.8) is 0 Å². The van der Waals surface area contributed by atoms with E-state index >= 15 is 0 Å². The van der Waals surface area contributed by atoms with E-state index in [1.807, 2.05) is 0 Å². The molecule has 2 aliphatic carbocycles. The lowest BCUT2D eigenvalue weighted by Gasteiger charge is -2.12. The van der Waals surface area contributed by atoms with E-state index in [2.05, 4.69) is 6.42 Å². The van der Waals surface area contributed by atoms with Gasteiger partial charge in [-0.1, -0.05) is 11.1 Å². The maximum atomic E-state index is 2.44. The van der Waals surface area contributed by atoms with Crippen LogP contribution in [0.4, 0.5) is 0 Å². The standard InChI is InChI=1S/C9H13/c1-2-5-9-7-3-6-8(9)4-1/h6H,1-5,7H2. The largest absolute Gasteiger partial charge is 0.0707 e. The monoisotopic (exact) mass is 121 g/mol. The van der Waals surface area contributed by atoms with Gasteiger partial charge in [-0.3, -0.25) is 0 Å². The van der Waals surface area contributed by atoms with Crippen molar-refractivity contribution in [3.8, 4) is 0 Å². The summed E-state index contributed by atoms with van der Waals surface area (Å²) in [4.78, 5) is 0. The molecule has 0 aromatic heterocycles. The van der Waals surface area contributed by atoms with Crippen LogP contribution in [0.2, 0.25) is 0 Å². The average Bonchev–Trinajstić information content (AvgIpc) is 2.33. The molecule has 0 amide bonds. The molecule has 0 saturated heterocycles. The van der Waals surface area contributed by atoms with Gasteiger partial charge in [0.1, 0.15) is 0 Å². The summed E-state index contributed by atoms with van der Waals surface area (Å²) >= 11 is 0. The Labute approximate surface area is 57.0 Å². The van der Waals surface area contributed by atoms with Crippen molar-refractivity contribution in [1.82, 2.24) is 0 Å². The van der Waals surface area contributed by atoms with E-state index in [-0.39, 0.29) is 0 Å². The fourth-order valence-electron chi connectivity index (χ4n) is 1.94. The summed E-state index contributed by atoms with van der Waals surface area (Å²) in [6, 6.07) is 0. The predicted octanol–water partition coefficient (Wildman–Crippen LogP) is 2.86. The molecule has 0 aromatic rings. The highest BCUT2D eigenvalue weighted by Gasteiger charge is 2.16. The van der Waals surface area contributed by atoms with Gasteiger partial charge in [-0.2, -0.15) is 0 Å². The zero-order chi connectivity index (χ0) is 6.10. The van der Waals surface area contributed by atoms with Gasteiger partial charge >= 0.3 is 0 Å². The van der Waals surface area contributed by atoms with E-state index < -0.39 is 0 Å². The SMILES string of the molecule is [CH]1CCC2=C1CCCC2. The Balaban J connectivity index is 2.17. The minimum atomic E-state index is 1.34. The average molecular weight is 121 g/mol. The van der Waals surface area contributed by atoms with Crippen LogP contribution < -0.4 is 0 Å². The lowest BCUT2D eigenvalue weighted by Crippen LogP contribution is -1.92. The summed E-state index contributed by atoms with van der Waals surface area (Å²) in [6.07, 6.45) is 10.8. The lowest BCUT2D eigenvalue weighted by molar-refractivity contribution is 0.679. The Morgan fingerprint density at radius 1 is 1.00 bits per heavy atom. The van der Waals surface area contributed by atoms with Crippen LogP contribution in [-0.2, 0) is 0 Å². The molecule has 0 atom stereocenters. The fraction of sp³-hybridized carbons (Fsp3) is 0.667. The van der Waals surface area contributed by atoms with E-state index in [1.54, 1.807) is 11.1 Å². The van der Waals surface area contributed by atoms with Crippen molar-refractivity contribution in [1.29, 1.82) is 0 Å². The number of rotatable bonds is 0. The Morgan fingerprint density at radius 2 is 1.89 bits per heavy atom. The second-order valence-electron chi connectivity index (χ2n) is 3.08. The molecule has 0 fully saturated rings. The molecule has 1 radical (unpaired) electrons. The van der Waals surface area contributed by atoms with Crippen LogP contribution in [0.1, 0.15) is 38.5 Å². The van der Waals surface area contributed by atoms with Crippen molar-refractivity contribution >= 4 is 0 Å². The first kappa shape index (κ1) is 5.52. The van der Waals surface area contributed by atoms with Crippen molar-refractivity contribution in [3.05, 3.63) is 17.6 Å². The Morgan fingerprint density at radius 3 is 2.78 bits per heavy atom. The quantitative estimate of drug-likeness (QED) is 0.462. The molecule has 0 aliphatic heterocycles. The van der Waals surface area contributed by atoms with Crippen molar-refractivity contribution in [2.45, 2.75) is 38.5 Å². The van der Waals surface area contributed by atoms with Crippen LogP contribution >= 0.6 is 0 Å². The maximum absolute atomic E-state index is 2.44. The molecule has 0 heteroatoms. The maximum Gasteiger partial charge on any atom is -0.0132 e. The Kier molecular flexibility index (Phi) is 1.33. The molecule has 0 aromatic carbocycles. The highest BCUT2D eigenvalue weighted by Crippen LogP contribution is 2.35. The minimum absolute atomic E-state index is 1.34. The molecular formula is C9H13. The van der Waals surface area contributed by atoms with Gasteiger partial charge in [-0.05, 0) is 44.9 Å². The molecule has 2 aliphatic rings. The molecular weight excluding hydrogens is 108 g/mol. The summed E-state index contributed by atoms with van der Waals surface area (Å²) in [5.41, 5.74) is 3.49. The highest BCUT2D eigenvalue weighted by atomic mass is 14.2. The summed E-state index contributed by atoms with van der Waals surface area (Å²) < 4.78 is 0. The van der Waals surface area contributed by atoms with Gasteiger partial charge in [0.05, 0.1) is 0 Å². The first-order valence-electron chi connectivity index (χ1n) is 4.01. The van der Waals surface area contributed by atoms with Crippen LogP contribution in [0.25, 0.3) is 0 Å². The first-order chi connectivity index (χ1) is 4.47. The number of allylic oxidation sites excluding steroid dienone is 2. The van der Waals surface area contributed by atoms with Crippen molar-refractivity contribution in [2.75, 3.05) is 0 Å². The van der Waals surface area contributed by atoms with Gasteiger partial charge in [0, 0.05) is 0 Å². The lowest BCUT2D eigenvalue weighted by atomic mass is 9.94. The van der Waals surface area contributed by atoms with Crippen molar-refractivity contribution < 1.29 is 0 Å². The summed E-state index contributed by atoms with van der Waals surface area (Å²) in [5.74, 6) is 0. The summed E-state index contributed by atoms with van der Waals surface area (Å²) in [5, 5.41) is 0. The van der Waals surface area contributed by atoms with Crippen LogP contribution in [0, 0.1) is 6.42 Å². The molecule has 9 heavy (non-hydrogen) atoms. The predicted molar refractivity (Wildman–Crippen MR) is 39.0 cm³/mol. The van der Waals surface area contributed by atoms with Gasteiger partial charge in [0.2, 0.25) is 0 Å². The smallest absolute Gasteiger partial charge is 0.0132 e. The van der Waals surface area contributed by atoms with Gasteiger partial charge in [-0.15, -0.1) is 0 Å². The van der Waals surface area contributed by atoms with E-state index in [4.69, 9.17) is 0 Å². The van der Waals surface area contributed by atoms with Crippen molar-refractivity contribution in [2.24, 2.45) is 0 Å². The second-order valence-corrected chi connectivity index (χ2v) is 3.08. The molecule has 0 saturated carbocycles. The molecule has 2 rings (SSSR count). The first-order valence-corrected chi connectivity index (χ1v) is 4.01. The van der Waals surface area contributed by atoms with Crippen LogP contribution in [0.5, 0.6) is 0 Å². The summed E-state index contributed by atoms with van der Waals surface area (Å²) in [6.45, 7) is 0. The van der Waals surface area contributed by atoms with Gasteiger partial charge in [0.25, 0.3) is 0 Å². The number of hydrogen-bond donors (Lipinski definition) is 0. The van der Waals surface area contributed by atoms with Crippen LogP contribution in [0.3, 0.4) is 0 Å². The van der Waals surface area contributed by atoms with Gasteiger partial charge in [0.15, 0.2) is 0 Å². The topological polar surface area (TPSA) is 0 Å². The fourth-order valence-corrected chi connectivity index (χ4v) is 1.94. The highest BCUT2D eigenvalue weighted by molar-refractivity contribution is 5.29. The molecule has 0 spiro atoms. The molecule has 0 nitrogen and oxygen atoms in total. The van der Waals surface area contributed by atoms with E-state index in [9.17, 15) is 0 Å². The summed E-state index contributed by atoms with van der Waals surface area (Å²) in [7, 11) is 0. The van der Waals surface area contributed by atoms with Gasteiger partial charge < -0.3 is 0 Å². The third-order valence-electron chi connectivity index (χ3n) is 2.47. The third-order valence-corrected chi connectivity index (χ3v) is 2.47. The van der Waals surface area contributed by atoms with Crippen LogP contribution in [0.15, 0.2) is 11.1 Å². The molecule has 0 heterocycles.